The molecule has 1 unspecified atom stereocenters. The molecule has 1 atom stereocenters. The van der Waals surface area contributed by atoms with Gasteiger partial charge in [0.05, 0.1) is 12.2 Å². The quantitative estimate of drug-likeness (QED) is 0.587. The van der Waals surface area contributed by atoms with Crippen LogP contribution in [0.25, 0.3) is 10.6 Å². The van der Waals surface area contributed by atoms with Crippen molar-refractivity contribution in [2.24, 2.45) is 0 Å². The number of rotatable bonds is 6. The highest BCUT2D eigenvalue weighted by atomic mass is 35.5. The van der Waals surface area contributed by atoms with Crippen LogP contribution in [0.2, 0.25) is 0 Å². The van der Waals surface area contributed by atoms with E-state index in [9.17, 15) is 4.79 Å². The van der Waals surface area contributed by atoms with Crippen LogP contribution in [0.1, 0.15) is 34.7 Å². The number of carbonyl (C=O) groups is 1. The molecule has 0 aliphatic heterocycles. The third-order valence-corrected chi connectivity index (χ3v) is 5.65. The van der Waals surface area contributed by atoms with Gasteiger partial charge in [0.1, 0.15) is 10.4 Å². The lowest BCUT2D eigenvalue weighted by molar-refractivity contribution is -0.121. The Bertz CT molecular complexity index is 892. The fraction of sp³-hybridized carbons (Fsp3) is 0.238. The molecule has 0 saturated carbocycles. The number of nitrogens with one attached hydrogen (secondary N) is 1. The van der Waals surface area contributed by atoms with Crippen molar-refractivity contribution in [1.29, 1.82) is 0 Å². The van der Waals surface area contributed by atoms with Gasteiger partial charge in [0, 0.05) is 10.9 Å². The Labute approximate surface area is 163 Å². The lowest BCUT2D eigenvalue weighted by Gasteiger charge is -2.16. The maximum Gasteiger partial charge on any atom is 0.242 e. The summed E-state index contributed by atoms with van der Waals surface area (Å²) in [4.78, 5) is 17.1. The van der Waals surface area contributed by atoms with E-state index in [0.717, 1.165) is 39.4 Å². The van der Waals surface area contributed by atoms with E-state index < -0.39 is 5.38 Å². The summed E-state index contributed by atoms with van der Waals surface area (Å²) in [5.41, 5.74) is 4.99. The molecule has 2 aromatic carbocycles. The van der Waals surface area contributed by atoms with E-state index >= 15 is 0 Å². The fourth-order valence-electron chi connectivity index (χ4n) is 2.91. The number of halogens is 1. The minimum Gasteiger partial charge on any atom is -0.349 e. The van der Waals surface area contributed by atoms with Crippen LogP contribution in [0.4, 0.5) is 0 Å². The third kappa shape index (κ3) is 4.14. The highest BCUT2D eigenvalue weighted by molar-refractivity contribution is 7.13. The third-order valence-electron chi connectivity index (χ3n) is 4.30. The van der Waals surface area contributed by atoms with E-state index in [1.807, 2.05) is 60.8 Å². The Kier molecular flexibility index (Phi) is 6.07. The predicted molar refractivity (Wildman–Crippen MR) is 109 cm³/mol. The average Bonchev–Trinajstić information content (AvgIpc) is 3.15. The van der Waals surface area contributed by atoms with E-state index in [0.29, 0.717) is 6.54 Å². The smallest absolute Gasteiger partial charge is 0.242 e. The van der Waals surface area contributed by atoms with Gasteiger partial charge in [-0.2, -0.15) is 0 Å². The molecule has 0 aliphatic rings. The number of thiazole rings is 1. The number of alkyl halides is 1. The van der Waals surface area contributed by atoms with Crippen LogP contribution < -0.4 is 5.32 Å². The second kappa shape index (κ2) is 8.47. The van der Waals surface area contributed by atoms with Crippen LogP contribution in [0.15, 0.2) is 53.9 Å². The second-order valence-corrected chi connectivity index (χ2v) is 7.39. The van der Waals surface area contributed by atoms with Gasteiger partial charge in [0.15, 0.2) is 0 Å². The van der Waals surface area contributed by atoms with Crippen molar-refractivity contribution in [2.75, 3.05) is 0 Å². The molecule has 1 amide bonds. The zero-order chi connectivity index (χ0) is 18.5. The monoisotopic (exact) mass is 384 g/mol. The molecule has 26 heavy (non-hydrogen) atoms. The summed E-state index contributed by atoms with van der Waals surface area (Å²) in [6.07, 6.45) is 0.847. The molecule has 1 N–H and O–H groups in total. The molecule has 0 fully saturated rings. The fourth-order valence-corrected chi connectivity index (χ4v) is 4.13. The van der Waals surface area contributed by atoms with Gasteiger partial charge in [-0.15, -0.1) is 22.9 Å². The topological polar surface area (TPSA) is 42.0 Å². The Hall–Kier alpha value is -2.17. The summed E-state index contributed by atoms with van der Waals surface area (Å²) in [6, 6.07) is 16.0. The first-order chi connectivity index (χ1) is 12.6. The van der Waals surface area contributed by atoms with Gasteiger partial charge >= 0.3 is 0 Å². The molecule has 1 aromatic heterocycles. The van der Waals surface area contributed by atoms with E-state index in [1.54, 1.807) is 11.3 Å². The van der Waals surface area contributed by atoms with Crippen molar-refractivity contribution in [3.63, 3.8) is 0 Å². The number of hydrogen-bond acceptors (Lipinski definition) is 3. The van der Waals surface area contributed by atoms with Crippen LogP contribution in [0.3, 0.4) is 0 Å². The molecule has 0 spiro atoms. The normalized spacial score (nSPS) is 12.0. The minimum atomic E-state index is -0.696. The summed E-state index contributed by atoms with van der Waals surface area (Å²) in [6.45, 7) is 4.43. The molecule has 0 radical (unpaired) electrons. The van der Waals surface area contributed by atoms with E-state index in [2.05, 4.69) is 17.2 Å². The number of carbonyl (C=O) groups excluding carboxylic acids is 1. The van der Waals surface area contributed by atoms with Gasteiger partial charge < -0.3 is 5.32 Å². The number of aryl methyl sites for hydroxylation is 2. The first-order valence-electron chi connectivity index (χ1n) is 8.60. The molecule has 3 nitrogen and oxygen atoms in total. The van der Waals surface area contributed by atoms with Crippen molar-refractivity contribution in [3.8, 4) is 10.6 Å². The van der Waals surface area contributed by atoms with Crippen molar-refractivity contribution in [3.05, 3.63) is 76.3 Å². The minimum absolute atomic E-state index is 0.190. The molecular formula is C21H21ClN2OS. The molecule has 3 aromatic rings. The Morgan fingerprint density at radius 1 is 1.19 bits per heavy atom. The van der Waals surface area contributed by atoms with E-state index in [-0.39, 0.29) is 5.91 Å². The first-order valence-corrected chi connectivity index (χ1v) is 9.91. The van der Waals surface area contributed by atoms with Crippen LogP contribution >= 0.6 is 22.9 Å². The number of amides is 1. The molecule has 3 rings (SSSR count). The summed E-state index contributed by atoms with van der Waals surface area (Å²) in [5, 5.41) is 5.14. The van der Waals surface area contributed by atoms with E-state index in [4.69, 9.17) is 11.6 Å². The molecule has 0 bridgehead atoms. The lowest BCUT2D eigenvalue weighted by Crippen LogP contribution is -2.27. The van der Waals surface area contributed by atoms with Gasteiger partial charge in [-0.3, -0.25) is 4.79 Å². The van der Waals surface area contributed by atoms with Crippen LogP contribution in [0.5, 0.6) is 0 Å². The summed E-state index contributed by atoms with van der Waals surface area (Å²) in [7, 11) is 0. The van der Waals surface area contributed by atoms with Gasteiger partial charge in [-0.1, -0.05) is 55.5 Å². The summed E-state index contributed by atoms with van der Waals surface area (Å²) >= 11 is 8.06. The molecule has 5 heteroatoms. The van der Waals surface area contributed by atoms with Crippen LogP contribution in [-0.2, 0) is 17.8 Å². The second-order valence-electron chi connectivity index (χ2n) is 6.09. The first kappa shape index (κ1) is 18.6. The highest BCUT2D eigenvalue weighted by Crippen LogP contribution is 2.28. The van der Waals surface area contributed by atoms with Gasteiger partial charge in [0.2, 0.25) is 5.91 Å². The number of aromatic nitrogens is 1. The van der Waals surface area contributed by atoms with Crippen molar-refractivity contribution < 1.29 is 4.79 Å². The zero-order valence-corrected chi connectivity index (χ0v) is 16.4. The van der Waals surface area contributed by atoms with Crippen molar-refractivity contribution in [2.45, 2.75) is 32.2 Å². The zero-order valence-electron chi connectivity index (χ0n) is 14.8. The maximum atomic E-state index is 12.5. The van der Waals surface area contributed by atoms with Crippen molar-refractivity contribution >= 4 is 28.8 Å². The van der Waals surface area contributed by atoms with Gasteiger partial charge in [0.25, 0.3) is 0 Å². The molecule has 0 aliphatic carbocycles. The Morgan fingerprint density at radius 2 is 1.96 bits per heavy atom. The lowest BCUT2D eigenvalue weighted by atomic mass is 9.97. The van der Waals surface area contributed by atoms with Gasteiger partial charge in [-0.05, 0) is 30.0 Å². The van der Waals surface area contributed by atoms with E-state index in [1.165, 1.54) is 0 Å². The maximum absolute atomic E-state index is 12.5. The number of hydrogen-bond donors (Lipinski definition) is 1. The van der Waals surface area contributed by atoms with Crippen LogP contribution in [-0.4, -0.2) is 10.9 Å². The standard InChI is InChI=1S/C21H21ClN2OS/c1-3-15-11-7-8-14(2)18(15)19(22)20(25)23-12-17-13-26-21(24-17)16-9-5-4-6-10-16/h4-11,13,19H,3,12H2,1-2H3,(H,23,25). The Balaban J connectivity index is 1.67. The number of nitrogens with zero attached hydrogens (tertiary/aromatic N) is 1. The summed E-state index contributed by atoms with van der Waals surface area (Å²) in [5.74, 6) is -0.190. The van der Waals surface area contributed by atoms with Crippen molar-refractivity contribution in [1.82, 2.24) is 10.3 Å². The Morgan fingerprint density at radius 3 is 2.69 bits per heavy atom. The van der Waals surface area contributed by atoms with Gasteiger partial charge in [-0.25, -0.2) is 4.98 Å². The summed E-state index contributed by atoms with van der Waals surface area (Å²) < 4.78 is 0. The molecule has 134 valence electrons. The highest BCUT2D eigenvalue weighted by Gasteiger charge is 2.22. The van der Waals surface area contributed by atoms with Crippen LogP contribution in [0, 0.1) is 6.92 Å². The SMILES string of the molecule is CCc1cccc(C)c1C(Cl)C(=O)NCc1csc(-c2ccccc2)n1. The molecule has 1 heterocycles. The average molecular weight is 385 g/mol. The predicted octanol–water partition coefficient (Wildman–Crippen LogP) is 5.28. The number of benzene rings is 2. The largest absolute Gasteiger partial charge is 0.349 e. The molecule has 0 saturated heterocycles. The molecular weight excluding hydrogens is 364 g/mol.